The van der Waals surface area contributed by atoms with E-state index in [2.05, 4.69) is 17.0 Å². The van der Waals surface area contributed by atoms with Crippen molar-refractivity contribution in [3.05, 3.63) is 64.7 Å². The first-order valence-corrected chi connectivity index (χ1v) is 6.95. The van der Waals surface area contributed by atoms with Crippen LogP contribution in [0, 0.1) is 12.3 Å². The van der Waals surface area contributed by atoms with Gasteiger partial charge in [0.25, 0.3) is 0 Å². The highest BCUT2D eigenvalue weighted by molar-refractivity contribution is 5.61. The Balaban J connectivity index is 2.24. The molecule has 2 aromatic rings. The van der Waals surface area contributed by atoms with Gasteiger partial charge in [0.05, 0.1) is 5.36 Å². The molecule has 0 aliphatic carbocycles. The highest BCUT2D eigenvalue weighted by atomic mass is 15.3. The number of anilines is 1. The molecule has 0 amide bonds. The second-order valence-electron chi connectivity index (χ2n) is 5.16. The molecule has 2 atom stereocenters. The fraction of sp³-hybridized carbons (Fsp3) is 0.167. The lowest BCUT2D eigenvalue weighted by atomic mass is 10.1. The Bertz CT molecular complexity index is 801. The van der Waals surface area contributed by atoms with Crippen LogP contribution in [0.2, 0.25) is 0 Å². The molecular formula is C18H17N3. The van der Waals surface area contributed by atoms with Crippen molar-refractivity contribution in [3.8, 4) is 12.3 Å². The highest BCUT2D eigenvalue weighted by Crippen LogP contribution is 2.20. The van der Waals surface area contributed by atoms with Crippen LogP contribution in [0.15, 0.2) is 53.5 Å². The number of para-hydroxylation sites is 1. The van der Waals surface area contributed by atoms with Gasteiger partial charge in [-0.05, 0) is 31.2 Å². The average molecular weight is 275 g/mol. The second kappa shape index (κ2) is 5.43. The Labute approximate surface area is 124 Å². The van der Waals surface area contributed by atoms with Crippen LogP contribution in [0.4, 0.5) is 5.69 Å². The molecule has 0 saturated heterocycles. The van der Waals surface area contributed by atoms with E-state index in [4.69, 9.17) is 17.1 Å². The van der Waals surface area contributed by atoms with E-state index in [0.717, 1.165) is 21.8 Å². The van der Waals surface area contributed by atoms with Crippen molar-refractivity contribution >= 4 is 11.9 Å². The summed E-state index contributed by atoms with van der Waals surface area (Å²) in [5, 5.41) is 1.88. The maximum Gasteiger partial charge on any atom is 0.140 e. The maximum atomic E-state index is 6.13. The minimum absolute atomic E-state index is 0.0934. The van der Waals surface area contributed by atoms with Crippen LogP contribution >= 0.6 is 0 Å². The third kappa shape index (κ3) is 2.42. The van der Waals surface area contributed by atoms with Gasteiger partial charge in [0, 0.05) is 28.7 Å². The van der Waals surface area contributed by atoms with Crippen molar-refractivity contribution in [2.45, 2.75) is 19.1 Å². The zero-order valence-corrected chi connectivity index (χ0v) is 11.9. The van der Waals surface area contributed by atoms with Gasteiger partial charge in [0.1, 0.15) is 6.17 Å². The highest BCUT2D eigenvalue weighted by Gasteiger charge is 2.23. The number of nitrogens with two attached hydrogens (primary N) is 1. The van der Waals surface area contributed by atoms with Crippen molar-refractivity contribution in [1.29, 1.82) is 0 Å². The van der Waals surface area contributed by atoms with Crippen molar-refractivity contribution in [2.75, 3.05) is 4.90 Å². The Morgan fingerprint density at radius 2 is 1.95 bits per heavy atom. The number of nitrogens with zero attached hydrogens (tertiary/aromatic N) is 2. The van der Waals surface area contributed by atoms with Crippen LogP contribution in [-0.2, 0) is 0 Å². The molecule has 0 spiro atoms. The standard InChI is InChI=1S/C18H17N3/c1-3-14-8-7-11-17-16(14)12-21(18(20-17)13(2)19)15-9-5-4-6-10-15/h1,4-13,18H,19H2,2H3/t13?,18-/m1/s1. The molecule has 3 nitrogen and oxygen atoms in total. The predicted molar refractivity (Wildman–Crippen MR) is 86.0 cm³/mol. The topological polar surface area (TPSA) is 41.6 Å². The number of terminal acetylenes is 1. The predicted octanol–water partition coefficient (Wildman–Crippen LogP) is 1.22. The van der Waals surface area contributed by atoms with Gasteiger partial charge in [-0.3, -0.25) is 4.99 Å². The van der Waals surface area contributed by atoms with E-state index in [1.54, 1.807) is 0 Å². The monoisotopic (exact) mass is 275 g/mol. The molecule has 3 rings (SSSR count). The average Bonchev–Trinajstić information content (AvgIpc) is 2.53. The molecule has 1 heterocycles. The summed E-state index contributed by atoms with van der Waals surface area (Å²) in [6.07, 6.45) is 7.52. The lowest BCUT2D eigenvalue weighted by Crippen LogP contribution is -2.50. The van der Waals surface area contributed by atoms with Crippen molar-refractivity contribution in [2.24, 2.45) is 10.7 Å². The fourth-order valence-corrected chi connectivity index (χ4v) is 2.55. The minimum Gasteiger partial charge on any atom is -0.325 e. The minimum atomic E-state index is -0.132. The summed E-state index contributed by atoms with van der Waals surface area (Å²) in [6.45, 7) is 1.97. The number of rotatable bonds is 2. The summed E-state index contributed by atoms with van der Waals surface area (Å²) in [4.78, 5) is 6.88. The summed E-state index contributed by atoms with van der Waals surface area (Å²) < 4.78 is 0. The summed E-state index contributed by atoms with van der Waals surface area (Å²) in [5.74, 6) is 2.72. The first kappa shape index (κ1) is 13.4. The van der Waals surface area contributed by atoms with Crippen LogP contribution in [0.3, 0.4) is 0 Å². The third-order valence-electron chi connectivity index (χ3n) is 3.59. The smallest absolute Gasteiger partial charge is 0.140 e. The zero-order chi connectivity index (χ0) is 14.8. The molecule has 1 aliphatic rings. The first-order chi connectivity index (χ1) is 10.2. The molecule has 3 heteroatoms. The summed E-state index contributed by atoms with van der Waals surface area (Å²) >= 11 is 0. The normalized spacial score (nSPS) is 18.0. The van der Waals surface area contributed by atoms with E-state index in [0.29, 0.717) is 0 Å². The van der Waals surface area contributed by atoms with E-state index in [9.17, 15) is 0 Å². The Morgan fingerprint density at radius 3 is 2.62 bits per heavy atom. The lowest BCUT2D eigenvalue weighted by molar-refractivity contribution is 0.557. The number of hydrogen-bond donors (Lipinski definition) is 1. The lowest BCUT2D eigenvalue weighted by Gasteiger charge is -2.32. The molecular weight excluding hydrogens is 258 g/mol. The number of fused-ring (bicyclic) bond motifs is 1. The van der Waals surface area contributed by atoms with E-state index in [1.807, 2.05) is 55.5 Å². The molecule has 0 radical (unpaired) electrons. The molecule has 0 fully saturated rings. The van der Waals surface area contributed by atoms with Gasteiger partial charge in [-0.1, -0.05) is 30.2 Å². The molecule has 1 unspecified atom stereocenters. The van der Waals surface area contributed by atoms with Gasteiger partial charge in [-0.25, -0.2) is 0 Å². The maximum absolute atomic E-state index is 6.13. The molecule has 104 valence electrons. The molecule has 21 heavy (non-hydrogen) atoms. The largest absolute Gasteiger partial charge is 0.325 e. The Hall–Kier alpha value is -2.57. The van der Waals surface area contributed by atoms with Gasteiger partial charge in [0.15, 0.2) is 0 Å². The van der Waals surface area contributed by atoms with E-state index < -0.39 is 0 Å². The summed E-state index contributed by atoms with van der Waals surface area (Å²) in [6, 6.07) is 15.8. The SMILES string of the molecule is C#Cc1cccc2c1=CN(c1ccccc1)[C@H](C(C)N)N=2. The number of hydrogen-bond acceptors (Lipinski definition) is 3. The van der Waals surface area contributed by atoms with Gasteiger partial charge in [-0.15, -0.1) is 6.42 Å². The van der Waals surface area contributed by atoms with Crippen molar-refractivity contribution in [3.63, 3.8) is 0 Å². The third-order valence-corrected chi connectivity index (χ3v) is 3.59. The van der Waals surface area contributed by atoms with Gasteiger partial charge < -0.3 is 10.6 Å². The van der Waals surface area contributed by atoms with Crippen molar-refractivity contribution in [1.82, 2.24) is 0 Å². The summed E-state index contributed by atoms with van der Waals surface area (Å²) in [7, 11) is 0. The van der Waals surface area contributed by atoms with Crippen LogP contribution in [-0.4, -0.2) is 12.2 Å². The van der Waals surface area contributed by atoms with Crippen LogP contribution in [0.25, 0.3) is 6.20 Å². The molecule has 2 aromatic carbocycles. The first-order valence-electron chi connectivity index (χ1n) is 6.95. The molecule has 1 aliphatic heterocycles. The Morgan fingerprint density at radius 1 is 1.19 bits per heavy atom. The van der Waals surface area contributed by atoms with Crippen LogP contribution in [0.1, 0.15) is 12.5 Å². The summed E-state index contributed by atoms with van der Waals surface area (Å²) in [5.41, 5.74) is 8.03. The molecule has 0 aromatic heterocycles. The second-order valence-corrected chi connectivity index (χ2v) is 5.16. The quantitative estimate of drug-likeness (QED) is 0.837. The fourth-order valence-electron chi connectivity index (χ4n) is 2.55. The van der Waals surface area contributed by atoms with Crippen molar-refractivity contribution < 1.29 is 0 Å². The Kier molecular flexibility index (Phi) is 3.47. The van der Waals surface area contributed by atoms with Gasteiger partial charge in [-0.2, -0.15) is 0 Å². The molecule has 0 bridgehead atoms. The zero-order valence-electron chi connectivity index (χ0n) is 11.9. The molecule has 0 saturated carbocycles. The van der Waals surface area contributed by atoms with Gasteiger partial charge in [0.2, 0.25) is 0 Å². The van der Waals surface area contributed by atoms with Crippen LogP contribution in [0.5, 0.6) is 0 Å². The molecule has 2 N–H and O–H groups in total. The van der Waals surface area contributed by atoms with E-state index >= 15 is 0 Å². The van der Waals surface area contributed by atoms with Gasteiger partial charge >= 0.3 is 0 Å². The van der Waals surface area contributed by atoms with E-state index in [-0.39, 0.29) is 12.2 Å². The van der Waals surface area contributed by atoms with Crippen LogP contribution < -0.4 is 21.2 Å². The van der Waals surface area contributed by atoms with E-state index in [1.165, 1.54) is 0 Å². The number of benzene rings is 2.